The van der Waals surface area contributed by atoms with Crippen LogP contribution in [0.25, 0.3) is 5.52 Å². The Bertz CT molecular complexity index is 1240. The molecular formula is C13H19N4O11P5. The first-order valence-corrected chi connectivity index (χ1v) is 18.2. The molecule has 0 bridgehead atoms. The van der Waals surface area contributed by atoms with Gasteiger partial charge in [0.25, 0.3) is 0 Å². The van der Waals surface area contributed by atoms with Crippen molar-refractivity contribution >= 4 is 49.4 Å². The summed E-state index contributed by atoms with van der Waals surface area (Å²) in [4.78, 5) is 40.7. The smallest absolute Gasteiger partial charge is 0.388 e. The van der Waals surface area contributed by atoms with Crippen molar-refractivity contribution in [3.8, 4) is 12.3 Å². The molecule has 0 aromatic carbocycles. The largest absolute Gasteiger partial charge is 0.477 e. The fourth-order valence-electron chi connectivity index (χ4n) is 3.21. The van der Waals surface area contributed by atoms with Gasteiger partial charge in [-0.15, -0.1) is 6.42 Å². The van der Waals surface area contributed by atoms with E-state index in [9.17, 15) is 33.7 Å². The Kier molecular flexibility index (Phi) is 7.59. The predicted octanol–water partition coefficient (Wildman–Crippen LogP) is -0.0723. The molecule has 0 aliphatic carbocycles. The first-order chi connectivity index (χ1) is 15.1. The Balaban J connectivity index is 1.80. The number of rotatable bonds is 8. The van der Waals surface area contributed by atoms with Crippen molar-refractivity contribution in [1.82, 2.24) is 14.6 Å². The summed E-state index contributed by atoms with van der Waals surface area (Å²) < 4.78 is 45.6. The highest BCUT2D eigenvalue weighted by Gasteiger charge is 2.56. The Hall–Kier alpha value is -0.790. The van der Waals surface area contributed by atoms with Gasteiger partial charge < -0.3 is 40.3 Å². The molecule has 2 aromatic heterocycles. The van der Waals surface area contributed by atoms with E-state index < -0.39 is 62.0 Å². The molecule has 1 saturated heterocycles. The van der Waals surface area contributed by atoms with Gasteiger partial charge in [0, 0.05) is 6.16 Å². The Morgan fingerprint density at radius 3 is 2.55 bits per heavy atom. The van der Waals surface area contributed by atoms with Crippen molar-refractivity contribution < 1.29 is 52.5 Å². The molecule has 33 heavy (non-hydrogen) atoms. The number of aliphatic hydroxyl groups is 2. The minimum absolute atomic E-state index is 0.114. The molecular weight excluding hydrogens is 543 g/mol. The Morgan fingerprint density at radius 1 is 1.27 bits per heavy atom. The van der Waals surface area contributed by atoms with Crippen molar-refractivity contribution in [2.75, 3.05) is 11.9 Å². The van der Waals surface area contributed by atoms with Crippen LogP contribution >= 0.6 is 38.1 Å². The van der Waals surface area contributed by atoms with E-state index in [-0.39, 0.29) is 17.7 Å². The number of nitrogen functional groups attached to an aromatic ring is 1. The summed E-state index contributed by atoms with van der Waals surface area (Å²) in [5.41, 5.74) is 4.36. The number of nitrogens with zero attached hydrogens (tertiary/aromatic N) is 3. The summed E-state index contributed by atoms with van der Waals surface area (Å²) in [7, 11) is -13.2. The van der Waals surface area contributed by atoms with Crippen LogP contribution in [0.1, 0.15) is 5.69 Å². The zero-order chi connectivity index (χ0) is 24.8. The van der Waals surface area contributed by atoms with Crippen molar-refractivity contribution in [2.24, 2.45) is 0 Å². The highest BCUT2D eigenvalue weighted by molar-refractivity contribution is 8.68. The van der Waals surface area contributed by atoms with E-state index >= 15 is 0 Å². The number of hydrogen-bond acceptors (Lipinski definition) is 10. The number of ether oxygens (including phenoxy) is 1. The third kappa shape index (κ3) is 5.72. The summed E-state index contributed by atoms with van der Waals surface area (Å²) in [5.74, 6) is 2.40. The molecule has 8 atom stereocenters. The highest BCUT2D eigenvalue weighted by atomic mass is 32.7. The number of anilines is 1. The molecule has 4 unspecified atom stereocenters. The summed E-state index contributed by atoms with van der Waals surface area (Å²) in [6.45, 7) is -4.45. The van der Waals surface area contributed by atoms with E-state index in [0.717, 1.165) is 6.33 Å². The van der Waals surface area contributed by atoms with Crippen LogP contribution in [0, 0.1) is 12.3 Å². The molecule has 3 rings (SSSR count). The van der Waals surface area contributed by atoms with Crippen LogP contribution in [0.15, 0.2) is 18.5 Å². The second-order valence-electron chi connectivity index (χ2n) is 6.76. The van der Waals surface area contributed by atoms with Crippen molar-refractivity contribution in [2.45, 2.75) is 23.9 Å². The van der Waals surface area contributed by atoms with E-state index in [1.165, 1.54) is 16.6 Å². The molecule has 8 N–H and O–H groups in total. The van der Waals surface area contributed by atoms with Gasteiger partial charge in [0.05, 0.1) is 19.8 Å². The lowest BCUT2D eigenvalue weighted by Gasteiger charge is -2.26. The number of aromatic nitrogens is 3. The third-order valence-electron chi connectivity index (χ3n) is 4.52. The van der Waals surface area contributed by atoms with Gasteiger partial charge in [-0.05, 0) is 20.4 Å². The molecule has 1 fully saturated rings. The topological polar surface area (TPSA) is 247 Å². The third-order valence-corrected chi connectivity index (χ3v) is 20.8. The van der Waals surface area contributed by atoms with Crippen molar-refractivity contribution in [3.63, 3.8) is 0 Å². The van der Waals surface area contributed by atoms with Gasteiger partial charge in [0.15, 0.2) is 11.4 Å². The molecule has 3 heterocycles. The normalized spacial score (nSPS) is 30.2. The molecule has 0 spiro atoms. The van der Waals surface area contributed by atoms with Gasteiger partial charge in [-0.1, -0.05) is 5.92 Å². The maximum Gasteiger partial charge on any atom is 0.477 e. The second-order valence-corrected chi connectivity index (χ2v) is 21.5. The van der Waals surface area contributed by atoms with Crippen LogP contribution < -0.4 is 5.73 Å². The van der Waals surface area contributed by atoms with E-state index in [1.54, 1.807) is 0 Å². The van der Waals surface area contributed by atoms with Gasteiger partial charge in [-0.3, -0.25) is 9.13 Å². The minimum atomic E-state index is -5.38. The maximum absolute atomic E-state index is 12.4. The summed E-state index contributed by atoms with van der Waals surface area (Å²) in [5, 5.41) is 25.2. The predicted molar refractivity (Wildman–Crippen MR) is 119 cm³/mol. The lowest BCUT2D eigenvalue weighted by Crippen LogP contribution is -2.40. The van der Waals surface area contributed by atoms with Crippen LogP contribution in [-0.4, -0.2) is 68.9 Å². The molecule has 1 aliphatic rings. The zero-order valence-electron chi connectivity index (χ0n) is 16.2. The molecule has 0 radical (unpaired) electrons. The number of hydrogen-bond donors (Lipinski definition) is 7. The monoisotopic (exact) mass is 562 g/mol. The number of aliphatic hydroxyl groups excluding tert-OH is 2. The van der Waals surface area contributed by atoms with E-state index in [0.29, 0.717) is 5.52 Å². The lowest BCUT2D eigenvalue weighted by atomic mass is 9.92. The number of nitrogens with two attached hydrogens (primary N) is 1. The lowest BCUT2D eigenvalue weighted by molar-refractivity contribution is -0.0431. The molecule has 20 heteroatoms. The first kappa shape index (κ1) is 26.8. The van der Waals surface area contributed by atoms with Crippen LogP contribution in [0.2, 0.25) is 0 Å². The highest BCUT2D eigenvalue weighted by Crippen LogP contribution is 2.89. The van der Waals surface area contributed by atoms with Gasteiger partial charge >= 0.3 is 15.1 Å². The van der Waals surface area contributed by atoms with E-state index in [4.69, 9.17) is 26.7 Å². The van der Waals surface area contributed by atoms with Crippen molar-refractivity contribution in [1.29, 1.82) is 0 Å². The zero-order valence-corrected chi connectivity index (χ0v) is 20.9. The van der Waals surface area contributed by atoms with Gasteiger partial charge in [0.2, 0.25) is 6.75 Å². The standard InChI is InChI=1S/C13H19N4O11P5/c1-2-13(9-4-3-7-12(14)15-6-16-17(7)9)11(19)10(18)8(27-13)5-29-33(25,26)30-32(23,24)28-31(20,21)22/h1,3-4,6,8,10-11,18-19,29-30H,5H2,(H,23,24)(H,25,26)(H2,14,15,16)(H2,20,21,22)/t8-,10-,11-,13+/m1/s1. The number of terminal acetylenes is 1. The SMILES string of the molecule is C#C[C@@]1(c2ccc3c(N)ncnn23)O[C@H](CPP(=O)(O)PP(=O)(O)OP(=O)(O)O)[C@@H](O)[C@H]1O. The quantitative estimate of drug-likeness (QED) is 0.164. The van der Waals surface area contributed by atoms with E-state index in [1.807, 2.05) is 0 Å². The fourth-order valence-corrected chi connectivity index (χ4v) is 20.3. The van der Waals surface area contributed by atoms with Crippen LogP contribution in [0.5, 0.6) is 0 Å². The summed E-state index contributed by atoms with van der Waals surface area (Å²) in [6, 6.07) is 2.98. The Morgan fingerprint density at radius 2 is 1.94 bits per heavy atom. The molecule has 182 valence electrons. The minimum Gasteiger partial charge on any atom is -0.388 e. The summed E-state index contributed by atoms with van der Waals surface area (Å²) in [6.07, 6.45) is 1.82. The van der Waals surface area contributed by atoms with Crippen molar-refractivity contribution in [3.05, 3.63) is 24.2 Å². The number of fused-ring (bicyclic) bond motifs is 1. The molecule has 2 aromatic rings. The van der Waals surface area contributed by atoms with Crippen LogP contribution in [0.3, 0.4) is 0 Å². The second kappa shape index (κ2) is 9.34. The van der Waals surface area contributed by atoms with Gasteiger partial charge in [-0.25, -0.2) is 18.4 Å². The maximum atomic E-state index is 12.4. The van der Waals surface area contributed by atoms with E-state index in [2.05, 4.69) is 20.3 Å². The summed E-state index contributed by atoms with van der Waals surface area (Å²) >= 11 is 0. The van der Waals surface area contributed by atoms with Gasteiger partial charge in [0.1, 0.15) is 24.1 Å². The number of phosphoric acid groups is 1. The van der Waals surface area contributed by atoms with Gasteiger partial charge in [-0.2, -0.15) is 5.10 Å². The molecule has 1 aliphatic heterocycles. The van der Waals surface area contributed by atoms with Crippen LogP contribution in [-0.2, 0) is 28.3 Å². The average molecular weight is 562 g/mol. The van der Waals surface area contributed by atoms with Crippen LogP contribution in [0.4, 0.5) is 5.82 Å². The Labute approximate surface area is 189 Å². The average Bonchev–Trinajstić information content (AvgIpc) is 3.20. The first-order valence-electron chi connectivity index (χ1n) is 8.68. The fraction of sp³-hybridized carbons (Fsp3) is 0.385. The molecule has 0 saturated carbocycles. The molecule has 0 amide bonds. The molecule has 15 nitrogen and oxygen atoms in total.